The molecule has 320 valence electrons. The zero-order valence-corrected chi connectivity index (χ0v) is 38.9. The van der Waals surface area contributed by atoms with E-state index in [-0.39, 0.29) is 0 Å². The summed E-state index contributed by atoms with van der Waals surface area (Å²) >= 11 is 0. The Morgan fingerprint density at radius 2 is 0.302 bits per heavy atom. The first-order valence-electron chi connectivity index (χ1n) is 25.9. The Kier molecular flexibility index (Phi) is 46.7. The van der Waals surface area contributed by atoms with Gasteiger partial charge in [0.15, 0.2) is 8.32 Å². The van der Waals surface area contributed by atoms with Crippen LogP contribution in [-0.2, 0) is 0 Å². The van der Waals surface area contributed by atoms with Crippen LogP contribution in [0, 0.1) is 0 Å². The zero-order valence-electron chi connectivity index (χ0n) is 37.9. The van der Waals surface area contributed by atoms with Gasteiger partial charge in [-0.05, 0) is 18.1 Å². The summed E-state index contributed by atoms with van der Waals surface area (Å²) < 4.78 is 0. The van der Waals surface area contributed by atoms with Crippen LogP contribution in [0.1, 0.15) is 310 Å². The summed E-state index contributed by atoms with van der Waals surface area (Å²) in [5.41, 5.74) is 0. The van der Waals surface area contributed by atoms with Crippen molar-refractivity contribution in [3.63, 3.8) is 0 Å². The van der Waals surface area contributed by atoms with Gasteiger partial charge in [-0.25, -0.2) is 0 Å². The van der Waals surface area contributed by atoms with Gasteiger partial charge in [0.2, 0.25) is 0 Å². The topological polar surface area (TPSA) is 20.2 Å². The molecular weight excluding hydrogens is 657 g/mol. The van der Waals surface area contributed by atoms with Gasteiger partial charge in [0, 0.05) is 0 Å². The van der Waals surface area contributed by atoms with Crippen molar-refractivity contribution in [1.29, 1.82) is 0 Å². The van der Waals surface area contributed by atoms with E-state index in [1.54, 1.807) is 0 Å². The van der Waals surface area contributed by atoms with Crippen molar-refractivity contribution in [1.82, 2.24) is 0 Å². The third-order valence-electron chi connectivity index (χ3n) is 12.7. The first-order chi connectivity index (χ1) is 26.2. The van der Waals surface area contributed by atoms with Crippen molar-refractivity contribution >= 4 is 8.32 Å². The fourth-order valence-electron chi connectivity index (χ4n) is 8.85. The molecule has 0 aliphatic rings. The number of hydrogen-bond acceptors (Lipinski definition) is 1. The first-order valence-corrected chi connectivity index (χ1v) is 28.5. The van der Waals surface area contributed by atoms with Gasteiger partial charge < -0.3 is 4.80 Å². The first kappa shape index (κ1) is 53.2. The molecule has 0 spiro atoms. The molecule has 0 aromatic heterocycles. The minimum Gasteiger partial charge on any atom is -0.432 e. The van der Waals surface area contributed by atoms with Gasteiger partial charge in [0.05, 0.1) is 0 Å². The molecule has 0 radical (unpaired) electrons. The lowest BCUT2D eigenvalue weighted by Gasteiger charge is -2.25. The standard InChI is InChI=1S/C51H106OSi/c1-4-7-10-13-16-19-22-25-28-31-34-37-40-43-46-49-53(52,50-47-44-41-38-35-32-29-26-23-20-17-14-11-8-5-2)51-48-45-42-39-36-33-30-27-24-21-18-15-12-9-6-3/h52H,4-51H2,1-3H3. The van der Waals surface area contributed by atoms with Crippen LogP contribution in [0.5, 0.6) is 0 Å². The summed E-state index contributed by atoms with van der Waals surface area (Å²) in [6, 6.07) is 3.59. The molecule has 2 heteroatoms. The second kappa shape index (κ2) is 46.6. The van der Waals surface area contributed by atoms with Gasteiger partial charge in [-0.1, -0.05) is 310 Å². The Bertz CT molecular complexity index is 550. The van der Waals surface area contributed by atoms with Crippen molar-refractivity contribution in [3.8, 4) is 0 Å². The van der Waals surface area contributed by atoms with Gasteiger partial charge >= 0.3 is 0 Å². The van der Waals surface area contributed by atoms with Crippen molar-refractivity contribution < 1.29 is 4.80 Å². The Hall–Kier alpha value is 0.177. The summed E-state index contributed by atoms with van der Waals surface area (Å²) in [4.78, 5) is 12.0. The molecule has 0 aromatic rings. The van der Waals surface area contributed by atoms with E-state index in [4.69, 9.17) is 0 Å². The minimum atomic E-state index is -2.06. The van der Waals surface area contributed by atoms with Crippen LogP contribution in [0.2, 0.25) is 18.1 Å². The summed E-state index contributed by atoms with van der Waals surface area (Å²) in [5, 5.41) is 0. The van der Waals surface area contributed by atoms with Crippen LogP contribution in [0.15, 0.2) is 0 Å². The fraction of sp³-hybridized carbons (Fsp3) is 1.00. The molecule has 0 unspecified atom stereocenters. The zero-order chi connectivity index (χ0) is 38.4. The monoisotopic (exact) mass is 763 g/mol. The van der Waals surface area contributed by atoms with E-state index in [1.807, 2.05) is 0 Å². The van der Waals surface area contributed by atoms with Crippen LogP contribution in [-0.4, -0.2) is 13.1 Å². The molecule has 53 heavy (non-hydrogen) atoms. The molecule has 0 fully saturated rings. The quantitative estimate of drug-likeness (QED) is 0.0483. The maximum absolute atomic E-state index is 12.0. The van der Waals surface area contributed by atoms with Gasteiger partial charge in [-0.2, -0.15) is 0 Å². The highest BCUT2D eigenvalue weighted by Crippen LogP contribution is 2.28. The van der Waals surface area contributed by atoms with Crippen LogP contribution < -0.4 is 0 Å². The lowest BCUT2D eigenvalue weighted by atomic mass is 10.0. The minimum absolute atomic E-state index is 1.20. The molecule has 0 aliphatic carbocycles. The molecule has 0 heterocycles. The van der Waals surface area contributed by atoms with Gasteiger partial charge in [-0.15, -0.1) is 0 Å². The van der Waals surface area contributed by atoms with E-state index < -0.39 is 8.32 Å². The predicted molar refractivity (Wildman–Crippen MR) is 247 cm³/mol. The van der Waals surface area contributed by atoms with E-state index in [9.17, 15) is 4.80 Å². The molecule has 0 bridgehead atoms. The third-order valence-corrected chi connectivity index (χ3v) is 16.6. The number of unbranched alkanes of at least 4 members (excludes halogenated alkanes) is 42. The Balaban J connectivity index is 4.07. The normalized spacial score (nSPS) is 12.0. The van der Waals surface area contributed by atoms with Crippen LogP contribution in [0.3, 0.4) is 0 Å². The average molecular weight is 763 g/mol. The molecule has 0 aliphatic heterocycles. The highest BCUT2D eigenvalue weighted by atomic mass is 28.4. The van der Waals surface area contributed by atoms with Gasteiger partial charge in [-0.3, -0.25) is 0 Å². The highest BCUT2D eigenvalue weighted by molar-refractivity contribution is 6.72. The molecule has 0 saturated carbocycles. The smallest absolute Gasteiger partial charge is 0.188 e. The van der Waals surface area contributed by atoms with Crippen LogP contribution in [0.4, 0.5) is 0 Å². The predicted octanol–water partition coefficient (Wildman–Crippen LogP) is 19.5. The number of rotatable bonds is 48. The van der Waals surface area contributed by atoms with Crippen molar-refractivity contribution in [2.24, 2.45) is 0 Å². The second-order valence-corrected chi connectivity index (χ2v) is 22.3. The van der Waals surface area contributed by atoms with E-state index in [0.29, 0.717) is 0 Å². The molecule has 0 rings (SSSR count). The molecule has 0 aromatic carbocycles. The highest BCUT2D eigenvalue weighted by Gasteiger charge is 2.29. The Labute approximate surface area is 339 Å². The molecule has 0 atom stereocenters. The van der Waals surface area contributed by atoms with E-state index >= 15 is 0 Å². The lowest BCUT2D eigenvalue weighted by Crippen LogP contribution is -2.34. The average Bonchev–Trinajstić information content (AvgIpc) is 3.16. The largest absolute Gasteiger partial charge is 0.432 e. The third kappa shape index (κ3) is 44.8. The SMILES string of the molecule is CCCCCCCCCCCCCCCCC[Si](O)(CCCCCCCCCCCCCCCCC)CCCCCCCCCCCCCCCCC. The van der Waals surface area contributed by atoms with Crippen molar-refractivity contribution in [3.05, 3.63) is 0 Å². The Morgan fingerprint density at radius 1 is 0.189 bits per heavy atom. The molecule has 0 amide bonds. The summed E-state index contributed by atoms with van der Waals surface area (Å²) in [7, 11) is -2.06. The summed E-state index contributed by atoms with van der Waals surface area (Å²) in [6.07, 6.45) is 64.3. The van der Waals surface area contributed by atoms with Crippen molar-refractivity contribution in [2.75, 3.05) is 0 Å². The molecule has 1 nitrogen and oxygen atoms in total. The Morgan fingerprint density at radius 3 is 0.434 bits per heavy atom. The lowest BCUT2D eigenvalue weighted by molar-refractivity contribution is 0.490. The van der Waals surface area contributed by atoms with Crippen molar-refractivity contribution in [2.45, 2.75) is 328 Å². The molecule has 1 N–H and O–H groups in total. The van der Waals surface area contributed by atoms with E-state index in [2.05, 4.69) is 20.8 Å². The maximum atomic E-state index is 12.0. The van der Waals surface area contributed by atoms with Gasteiger partial charge in [0.1, 0.15) is 0 Å². The van der Waals surface area contributed by atoms with E-state index in [0.717, 1.165) is 0 Å². The second-order valence-electron chi connectivity index (χ2n) is 18.3. The fourth-order valence-corrected chi connectivity index (χ4v) is 12.3. The van der Waals surface area contributed by atoms with E-state index in [1.165, 1.54) is 307 Å². The van der Waals surface area contributed by atoms with Crippen LogP contribution >= 0.6 is 0 Å². The number of hydrogen-bond donors (Lipinski definition) is 1. The maximum Gasteiger partial charge on any atom is 0.188 e. The molecule has 0 saturated heterocycles. The molecular formula is C51H106OSi. The van der Waals surface area contributed by atoms with Gasteiger partial charge in [0.25, 0.3) is 0 Å². The summed E-state index contributed by atoms with van der Waals surface area (Å²) in [5.74, 6) is 0. The van der Waals surface area contributed by atoms with Crippen LogP contribution in [0.25, 0.3) is 0 Å². The summed E-state index contributed by atoms with van der Waals surface area (Å²) in [6.45, 7) is 6.94.